The molecule has 0 bridgehead atoms. The molecular weight excluding hydrogens is 240 g/mol. The summed E-state index contributed by atoms with van der Waals surface area (Å²) in [7, 11) is 1.46. The number of ether oxygens (including phenoxy) is 1. The second-order valence-corrected chi connectivity index (χ2v) is 5.97. The molecule has 0 saturated heterocycles. The van der Waals surface area contributed by atoms with Crippen molar-refractivity contribution in [3.05, 3.63) is 30.1 Å². The van der Waals surface area contributed by atoms with Gasteiger partial charge in [-0.3, -0.25) is 9.78 Å². The molecule has 19 heavy (non-hydrogen) atoms. The fourth-order valence-corrected chi connectivity index (χ4v) is 2.29. The Morgan fingerprint density at radius 1 is 1.47 bits per heavy atom. The number of hydrogen-bond donors (Lipinski definition) is 1. The lowest BCUT2D eigenvalue weighted by atomic mass is 9.88. The Hall–Kier alpha value is -1.42. The van der Waals surface area contributed by atoms with Crippen LogP contribution in [-0.2, 0) is 14.9 Å². The summed E-state index contributed by atoms with van der Waals surface area (Å²) in [4.78, 5) is 16.0. The first-order chi connectivity index (χ1) is 9.00. The number of esters is 1. The molecule has 0 amide bonds. The van der Waals surface area contributed by atoms with E-state index in [4.69, 9.17) is 4.74 Å². The van der Waals surface area contributed by atoms with Gasteiger partial charge < -0.3 is 10.1 Å². The van der Waals surface area contributed by atoms with E-state index in [1.54, 1.807) is 0 Å². The summed E-state index contributed by atoms with van der Waals surface area (Å²) in [5.41, 5.74) is 0.744. The largest absolute Gasteiger partial charge is 0.469 e. The van der Waals surface area contributed by atoms with Gasteiger partial charge in [-0.1, -0.05) is 19.9 Å². The third-order valence-electron chi connectivity index (χ3n) is 3.86. The Morgan fingerprint density at radius 3 is 2.74 bits per heavy atom. The van der Waals surface area contributed by atoms with E-state index in [9.17, 15) is 4.79 Å². The van der Waals surface area contributed by atoms with Crippen LogP contribution in [0.2, 0.25) is 0 Å². The minimum Gasteiger partial charge on any atom is -0.469 e. The first-order valence-corrected chi connectivity index (χ1v) is 6.71. The molecule has 0 unspecified atom stereocenters. The lowest BCUT2D eigenvalue weighted by molar-refractivity contribution is -0.146. The first-order valence-electron chi connectivity index (χ1n) is 6.71. The van der Waals surface area contributed by atoms with Crippen molar-refractivity contribution >= 4 is 5.97 Å². The van der Waals surface area contributed by atoms with Gasteiger partial charge in [-0.2, -0.15) is 0 Å². The predicted molar refractivity (Wildman–Crippen MR) is 73.8 cm³/mol. The summed E-state index contributed by atoms with van der Waals surface area (Å²) >= 11 is 0. The van der Waals surface area contributed by atoms with Crippen molar-refractivity contribution in [2.75, 3.05) is 20.2 Å². The maximum atomic E-state index is 11.6. The van der Waals surface area contributed by atoms with Crippen LogP contribution in [0.3, 0.4) is 0 Å². The number of rotatable bonds is 6. The molecule has 104 valence electrons. The van der Waals surface area contributed by atoms with Crippen LogP contribution in [0.4, 0.5) is 0 Å². The minimum absolute atomic E-state index is 0.0482. The number of carbonyl (C=O) groups is 1. The quantitative estimate of drug-likeness (QED) is 0.796. The van der Waals surface area contributed by atoms with Gasteiger partial charge in [0.25, 0.3) is 0 Å². The fraction of sp³-hybridized carbons (Fsp3) is 0.600. The van der Waals surface area contributed by atoms with Crippen molar-refractivity contribution in [3.63, 3.8) is 0 Å². The van der Waals surface area contributed by atoms with E-state index in [1.807, 2.05) is 24.4 Å². The average molecular weight is 262 g/mol. The number of pyridine rings is 1. The van der Waals surface area contributed by atoms with Gasteiger partial charge in [0.1, 0.15) is 0 Å². The van der Waals surface area contributed by atoms with Gasteiger partial charge in [0.05, 0.1) is 12.5 Å². The van der Waals surface area contributed by atoms with Crippen molar-refractivity contribution in [1.29, 1.82) is 0 Å². The highest BCUT2D eigenvalue weighted by Gasteiger charge is 2.50. The molecule has 1 saturated carbocycles. The Labute approximate surface area is 114 Å². The van der Waals surface area contributed by atoms with Gasteiger partial charge >= 0.3 is 5.97 Å². The Balaban J connectivity index is 1.88. The summed E-state index contributed by atoms with van der Waals surface area (Å²) in [6.07, 6.45) is 3.67. The van der Waals surface area contributed by atoms with Crippen LogP contribution in [0.15, 0.2) is 24.4 Å². The molecule has 0 radical (unpaired) electrons. The summed E-state index contributed by atoms with van der Waals surface area (Å²) < 4.78 is 4.85. The van der Waals surface area contributed by atoms with Crippen LogP contribution in [-0.4, -0.2) is 31.2 Å². The Morgan fingerprint density at radius 2 is 2.21 bits per heavy atom. The van der Waals surface area contributed by atoms with Crippen LogP contribution in [0, 0.1) is 5.41 Å². The molecule has 0 aromatic carbocycles. The van der Waals surface area contributed by atoms with Crippen molar-refractivity contribution < 1.29 is 9.53 Å². The molecule has 1 N–H and O–H groups in total. The van der Waals surface area contributed by atoms with Crippen molar-refractivity contribution in [1.82, 2.24) is 10.3 Å². The SMILES string of the molecule is COC(=O)C1(CNCC(C)(C)c2ccccn2)CC1. The molecule has 1 heterocycles. The van der Waals surface area contributed by atoms with E-state index in [-0.39, 0.29) is 16.8 Å². The monoisotopic (exact) mass is 262 g/mol. The highest BCUT2D eigenvalue weighted by atomic mass is 16.5. The predicted octanol–water partition coefficient (Wildman–Crippen LogP) is 1.90. The maximum Gasteiger partial charge on any atom is 0.313 e. The topological polar surface area (TPSA) is 51.2 Å². The maximum absolute atomic E-state index is 11.6. The van der Waals surface area contributed by atoms with E-state index in [2.05, 4.69) is 24.1 Å². The molecular formula is C15H22N2O2. The van der Waals surface area contributed by atoms with Gasteiger partial charge in [0.2, 0.25) is 0 Å². The van der Waals surface area contributed by atoms with E-state index < -0.39 is 0 Å². The second kappa shape index (κ2) is 5.29. The molecule has 1 fully saturated rings. The molecule has 1 aromatic heterocycles. The number of hydrogen-bond acceptors (Lipinski definition) is 4. The van der Waals surface area contributed by atoms with Gasteiger partial charge in [0, 0.05) is 30.4 Å². The zero-order valence-electron chi connectivity index (χ0n) is 11.9. The van der Waals surface area contributed by atoms with E-state index >= 15 is 0 Å². The van der Waals surface area contributed by atoms with Crippen LogP contribution >= 0.6 is 0 Å². The second-order valence-electron chi connectivity index (χ2n) is 5.97. The highest BCUT2D eigenvalue weighted by Crippen LogP contribution is 2.46. The summed E-state index contributed by atoms with van der Waals surface area (Å²) in [6, 6.07) is 5.96. The third kappa shape index (κ3) is 3.13. The molecule has 0 aliphatic heterocycles. The normalized spacial score (nSPS) is 17.0. The van der Waals surface area contributed by atoms with Crippen LogP contribution in [0.5, 0.6) is 0 Å². The van der Waals surface area contributed by atoms with E-state index in [0.717, 1.165) is 25.1 Å². The zero-order valence-corrected chi connectivity index (χ0v) is 11.9. The van der Waals surface area contributed by atoms with Gasteiger partial charge in [-0.25, -0.2) is 0 Å². The van der Waals surface area contributed by atoms with Crippen LogP contribution in [0.25, 0.3) is 0 Å². The zero-order chi connectivity index (χ0) is 13.9. The summed E-state index contributed by atoms with van der Waals surface area (Å²) in [5.74, 6) is -0.0874. The van der Waals surface area contributed by atoms with Crippen molar-refractivity contribution in [2.45, 2.75) is 32.1 Å². The molecule has 0 atom stereocenters. The first kappa shape index (κ1) is 14.0. The van der Waals surface area contributed by atoms with Crippen molar-refractivity contribution in [3.8, 4) is 0 Å². The van der Waals surface area contributed by atoms with Gasteiger partial charge in [-0.05, 0) is 25.0 Å². The average Bonchev–Trinajstić information content (AvgIpc) is 3.20. The standard InChI is InChI=1S/C15H22N2O2/c1-14(2,12-6-4-5-9-17-12)10-16-11-15(7-8-15)13(18)19-3/h4-6,9,16H,7-8,10-11H2,1-3H3. The van der Waals surface area contributed by atoms with Crippen molar-refractivity contribution in [2.24, 2.45) is 5.41 Å². The highest BCUT2D eigenvalue weighted by molar-refractivity contribution is 5.80. The number of nitrogens with zero attached hydrogens (tertiary/aromatic N) is 1. The fourth-order valence-electron chi connectivity index (χ4n) is 2.29. The molecule has 2 rings (SSSR count). The number of nitrogens with one attached hydrogen (secondary N) is 1. The minimum atomic E-state index is -0.269. The number of aromatic nitrogens is 1. The summed E-state index contributed by atoms with van der Waals surface area (Å²) in [6.45, 7) is 5.79. The molecule has 1 aromatic rings. The lowest BCUT2D eigenvalue weighted by Crippen LogP contribution is -2.39. The Bertz CT molecular complexity index is 439. The molecule has 4 heteroatoms. The Kier molecular flexibility index (Phi) is 3.90. The third-order valence-corrected chi connectivity index (χ3v) is 3.86. The molecule has 1 aliphatic rings. The van der Waals surface area contributed by atoms with Crippen LogP contribution in [0.1, 0.15) is 32.4 Å². The number of carbonyl (C=O) groups excluding carboxylic acids is 1. The smallest absolute Gasteiger partial charge is 0.313 e. The van der Waals surface area contributed by atoms with E-state index in [1.165, 1.54) is 7.11 Å². The number of methoxy groups -OCH3 is 1. The van der Waals surface area contributed by atoms with Crippen LogP contribution < -0.4 is 5.32 Å². The molecule has 4 nitrogen and oxygen atoms in total. The molecule has 1 aliphatic carbocycles. The summed E-state index contributed by atoms with van der Waals surface area (Å²) in [5, 5.41) is 3.40. The van der Waals surface area contributed by atoms with E-state index in [0.29, 0.717) is 6.54 Å². The lowest BCUT2D eigenvalue weighted by Gasteiger charge is -2.25. The van der Waals surface area contributed by atoms with Gasteiger partial charge in [0.15, 0.2) is 0 Å². The van der Waals surface area contributed by atoms with Gasteiger partial charge in [-0.15, -0.1) is 0 Å². The molecule has 0 spiro atoms.